The second-order valence-corrected chi connectivity index (χ2v) is 5.40. The highest BCUT2D eigenvalue weighted by Crippen LogP contribution is 2.21. The molecule has 112 valence electrons. The van der Waals surface area contributed by atoms with Crippen molar-refractivity contribution in [3.8, 4) is 0 Å². The minimum Gasteiger partial charge on any atom is -0.478 e. The highest BCUT2D eigenvalue weighted by atomic mass is 79.9. The van der Waals surface area contributed by atoms with Gasteiger partial charge >= 0.3 is 5.97 Å². The number of aromatic carboxylic acids is 1. The molecule has 0 bridgehead atoms. The molecule has 0 heterocycles. The number of halogens is 1. The van der Waals surface area contributed by atoms with Crippen molar-refractivity contribution < 1.29 is 14.7 Å². The molecule has 0 saturated carbocycles. The number of anilines is 2. The first-order valence-corrected chi connectivity index (χ1v) is 7.12. The summed E-state index contributed by atoms with van der Waals surface area (Å²) in [6.07, 6.45) is 2.95. The summed E-state index contributed by atoms with van der Waals surface area (Å²) in [7, 11) is 0. The fourth-order valence-corrected chi connectivity index (χ4v) is 2.12. The molecular weight excluding hydrogens is 348 g/mol. The molecule has 0 saturated heterocycles. The molecule has 1 amide bonds. The van der Waals surface area contributed by atoms with E-state index in [0.717, 1.165) is 5.56 Å². The maximum Gasteiger partial charge on any atom is 0.337 e. The molecule has 0 atom stereocenters. The predicted molar refractivity (Wildman–Crippen MR) is 89.6 cm³/mol. The molecule has 0 aliphatic rings. The van der Waals surface area contributed by atoms with Crippen LogP contribution in [0.3, 0.4) is 0 Å². The van der Waals surface area contributed by atoms with E-state index in [9.17, 15) is 9.59 Å². The Balaban J connectivity index is 2.12. The zero-order chi connectivity index (χ0) is 16.1. The fourth-order valence-electron chi connectivity index (χ4n) is 1.76. The predicted octanol–water partition coefficient (Wildman–Crippen LogP) is 3.38. The summed E-state index contributed by atoms with van der Waals surface area (Å²) in [4.78, 5) is 23.0. The lowest BCUT2D eigenvalue weighted by Crippen LogP contribution is -2.12. The first kappa shape index (κ1) is 15.8. The molecule has 0 aliphatic heterocycles. The van der Waals surface area contributed by atoms with E-state index >= 15 is 0 Å². The van der Waals surface area contributed by atoms with Gasteiger partial charge in [0.2, 0.25) is 5.91 Å². The van der Waals surface area contributed by atoms with Crippen molar-refractivity contribution in [3.63, 3.8) is 0 Å². The van der Waals surface area contributed by atoms with Crippen molar-refractivity contribution in [3.05, 3.63) is 64.1 Å². The van der Waals surface area contributed by atoms with Crippen molar-refractivity contribution in [2.45, 2.75) is 0 Å². The molecule has 6 heteroatoms. The summed E-state index contributed by atoms with van der Waals surface area (Å²) >= 11 is 3.20. The first-order valence-electron chi connectivity index (χ1n) is 6.33. The van der Waals surface area contributed by atoms with E-state index in [2.05, 4.69) is 21.2 Å². The zero-order valence-electron chi connectivity index (χ0n) is 11.4. The van der Waals surface area contributed by atoms with Gasteiger partial charge in [0.1, 0.15) is 0 Å². The number of carboxylic acid groups (broad SMARTS) is 1. The van der Waals surface area contributed by atoms with Crippen LogP contribution in [0.25, 0.3) is 6.08 Å². The summed E-state index contributed by atoms with van der Waals surface area (Å²) < 4.78 is 0.625. The Labute approximate surface area is 135 Å². The quantitative estimate of drug-likeness (QED) is 0.575. The molecule has 0 aliphatic carbocycles. The number of carbonyl (C=O) groups excluding carboxylic acids is 1. The van der Waals surface area contributed by atoms with Crippen molar-refractivity contribution >= 4 is 45.3 Å². The van der Waals surface area contributed by atoms with Gasteiger partial charge in [0.05, 0.1) is 11.3 Å². The van der Waals surface area contributed by atoms with Gasteiger partial charge in [-0.15, -0.1) is 0 Å². The highest BCUT2D eigenvalue weighted by Gasteiger charge is 2.11. The highest BCUT2D eigenvalue weighted by molar-refractivity contribution is 9.10. The molecule has 2 rings (SSSR count). The first-order chi connectivity index (χ1) is 10.5. The van der Waals surface area contributed by atoms with Crippen molar-refractivity contribution in [1.82, 2.24) is 0 Å². The number of hydrogen-bond acceptors (Lipinski definition) is 3. The van der Waals surface area contributed by atoms with Crippen LogP contribution in [0.1, 0.15) is 15.9 Å². The fraction of sp³-hybridized carbons (Fsp3) is 0. The van der Waals surface area contributed by atoms with Crippen molar-refractivity contribution in [2.75, 3.05) is 11.1 Å². The van der Waals surface area contributed by atoms with Crippen molar-refractivity contribution in [1.29, 1.82) is 0 Å². The van der Waals surface area contributed by atoms with E-state index < -0.39 is 11.9 Å². The van der Waals surface area contributed by atoms with Gasteiger partial charge in [-0.05, 0) is 42.0 Å². The summed E-state index contributed by atoms with van der Waals surface area (Å²) in [6, 6.07) is 11.6. The third-order valence-corrected chi connectivity index (χ3v) is 3.33. The molecule has 4 N–H and O–H groups in total. The Hall–Kier alpha value is -2.60. The Kier molecular flexibility index (Phi) is 4.95. The third kappa shape index (κ3) is 4.20. The van der Waals surface area contributed by atoms with E-state index in [-0.39, 0.29) is 11.3 Å². The lowest BCUT2D eigenvalue weighted by molar-refractivity contribution is -0.111. The second kappa shape index (κ2) is 6.91. The monoisotopic (exact) mass is 360 g/mol. The number of hydrogen-bond donors (Lipinski definition) is 3. The molecule has 2 aromatic rings. The van der Waals surface area contributed by atoms with E-state index in [1.165, 1.54) is 18.2 Å². The van der Waals surface area contributed by atoms with E-state index in [1.54, 1.807) is 36.4 Å². The van der Waals surface area contributed by atoms with Crippen LogP contribution < -0.4 is 11.1 Å². The minimum atomic E-state index is -1.11. The maximum atomic E-state index is 11.9. The van der Waals surface area contributed by atoms with Gasteiger partial charge in [0.15, 0.2) is 0 Å². The van der Waals surface area contributed by atoms with Gasteiger partial charge in [-0.1, -0.05) is 28.1 Å². The van der Waals surface area contributed by atoms with Gasteiger partial charge < -0.3 is 16.2 Å². The lowest BCUT2D eigenvalue weighted by atomic mass is 10.1. The number of carboxylic acids is 1. The molecule has 22 heavy (non-hydrogen) atoms. The molecular formula is C16H13BrN2O3. The molecule has 0 aromatic heterocycles. The number of nitrogen functional groups attached to an aromatic ring is 1. The van der Waals surface area contributed by atoms with Crippen LogP contribution in [0.5, 0.6) is 0 Å². The molecule has 5 nitrogen and oxygen atoms in total. The average Bonchev–Trinajstić information content (AvgIpc) is 2.48. The molecule has 0 spiro atoms. The van der Waals surface area contributed by atoms with Crippen LogP contribution >= 0.6 is 15.9 Å². The smallest absolute Gasteiger partial charge is 0.337 e. The van der Waals surface area contributed by atoms with Gasteiger partial charge in [0, 0.05) is 16.2 Å². The third-order valence-electron chi connectivity index (χ3n) is 2.83. The normalized spacial score (nSPS) is 10.6. The van der Waals surface area contributed by atoms with E-state index in [4.69, 9.17) is 10.8 Å². The standard InChI is InChI=1S/C16H13BrN2O3/c17-11-4-7-14(13(9-11)16(21)22)19-15(20)8-3-10-1-5-12(18)6-2-10/h1-9H,18H2,(H,19,20)(H,21,22)/b8-3+. The zero-order valence-corrected chi connectivity index (χ0v) is 13.0. The van der Waals surface area contributed by atoms with Gasteiger partial charge in [-0.2, -0.15) is 0 Å². The second-order valence-electron chi connectivity index (χ2n) is 4.48. The number of rotatable bonds is 4. The van der Waals surface area contributed by atoms with Crippen LogP contribution in [0.4, 0.5) is 11.4 Å². The van der Waals surface area contributed by atoms with Crippen LogP contribution in [-0.2, 0) is 4.79 Å². The van der Waals surface area contributed by atoms with E-state index in [1.807, 2.05) is 0 Å². The SMILES string of the molecule is Nc1ccc(/C=C/C(=O)Nc2ccc(Br)cc2C(=O)O)cc1. The number of nitrogens with one attached hydrogen (secondary N) is 1. The molecule has 0 radical (unpaired) electrons. The van der Waals surface area contributed by atoms with Crippen LogP contribution in [0.15, 0.2) is 53.0 Å². The number of benzene rings is 2. The lowest BCUT2D eigenvalue weighted by Gasteiger charge is -2.07. The van der Waals surface area contributed by atoms with Crippen LogP contribution in [0.2, 0.25) is 0 Å². The van der Waals surface area contributed by atoms with Crippen LogP contribution in [0, 0.1) is 0 Å². The molecule has 0 fully saturated rings. The Morgan fingerprint density at radius 3 is 2.45 bits per heavy atom. The van der Waals surface area contributed by atoms with Gasteiger partial charge in [0.25, 0.3) is 0 Å². The van der Waals surface area contributed by atoms with Crippen LogP contribution in [-0.4, -0.2) is 17.0 Å². The molecule has 0 unspecified atom stereocenters. The Morgan fingerprint density at radius 1 is 1.14 bits per heavy atom. The average molecular weight is 361 g/mol. The summed E-state index contributed by atoms with van der Waals surface area (Å²) in [5.74, 6) is -1.53. The number of nitrogens with two attached hydrogens (primary N) is 1. The summed E-state index contributed by atoms with van der Waals surface area (Å²) in [5, 5.41) is 11.7. The Bertz CT molecular complexity index is 740. The largest absolute Gasteiger partial charge is 0.478 e. The minimum absolute atomic E-state index is 0.0172. The topological polar surface area (TPSA) is 92.4 Å². The Morgan fingerprint density at radius 2 is 1.82 bits per heavy atom. The van der Waals surface area contributed by atoms with Gasteiger partial charge in [-0.25, -0.2) is 4.79 Å². The summed E-state index contributed by atoms with van der Waals surface area (Å²) in [5.41, 5.74) is 7.29. The van der Waals surface area contributed by atoms with Gasteiger partial charge in [-0.3, -0.25) is 4.79 Å². The molecule has 2 aromatic carbocycles. The summed E-state index contributed by atoms with van der Waals surface area (Å²) in [6.45, 7) is 0. The number of amides is 1. The van der Waals surface area contributed by atoms with E-state index in [0.29, 0.717) is 10.2 Å². The van der Waals surface area contributed by atoms with Crippen molar-refractivity contribution in [2.24, 2.45) is 0 Å². The maximum absolute atomic E-state index is 11.9. The number of carbonyl (C=O) groups is 2.